The van der Waals surface area contributed by atoms with E-state index in [9.17, 15) is 14.3 Å². The molecule has 0 aromatic carbocycles. The minimum Gasteiger partial charge on any atom is -0.455 e. The van der Waals surface area contributed by atoms with Crippen LogP contribution in [-0.4, -0.2) is 52.0 Å². The van der Waals surface area contributed by atoms with Gasteiger partial charge in [-0.2, -0.15) is 4.39 Å². The molecule has 0 atom stereocenters. The minimum absolute atomic E-state index is 0.182. The smallest absolute Gasteiger partial charge is 0.289 e. The van der Waals surface area contributed by atoms with E-state index < -0.39 is 11.5 Å². The van der Waals surface area contributed by atoms with Crippen molar-refractivity contribution in [2.75, 3.05) is 26.2 Å². The molecule has 2 aromatic rings. The van der Waals surface area contributed by atoms with Gasteiger partial charge in [-0.05, 0) is 57.0 Å². The second-order valence-electron chi connectivity index (χ2n) is 7.77. The maximum Gasteiger partial charge on any atom is 0.289 e. The van der Waals surface area contributed by atoms with E-state index in [1.54, 1.807) is 23.1 Å². The average molecular weight is 387 g/mol. The maximum atomic E-state index is 14.0. The lowest BCUT2D eigenvalue weighted by molar-refractivity contribution is -0.0247. The van der Waals surface area contributed by atoms with Crippen LogP contribution < -0.4 is 0 Å². The summed E-state index contributed by atoms with van der Waals surface area (Å²) in [5, 5.41) is 10.8. The first kappa shape index (κ1) is 19.1. The molecule has 7 heteroatoms. The molecule has 0 radical (unpaired) electrons. The van der Waals surface area contributed by atoms with Crippen LogP contribution >= 0.6 is 0 Å². The standard InChI is InChI=1S/C21H26FN3O3/c22-19-17(5-4-10-23-19)21(27)8-13-25(14-9-21)20(26)18-7-6-16(28-18)15-24-11-2-1-3-12-24/h4-7,10,27H,1-3,8-9,11-15H2. The first-order valence-electron chi connectivity index (χ1n) is 9.99. The molecule has 150 valence electrons. The van der Waals surface area contributed by atoms with E-state index in [0.717, 1.165) is 25.4 Å². The van der Waals surface area contributed by atoms with Gasteiger partial charge in [-0.1, -0.05) is 12.5 Å². The number of amides is 1. The summed E-state index contributed by atoms with van der Waals surface area (Å²) in [4.78, 5) is 20.4. The second kappa shape index (κ2) is 8.01. The summed E-state index contributed by atoms with van der Waals surface area (Å²) >= 11 is 0. The van der Waals surface area contributed by atoms with Crippen molar-refractivity contribution in [3.63, 3.8) is 0 Å². The molecule has 2 aliphatic rings. The molecule has 1 amide bonds. The molecular formula is C21H26FN3O3. The predicted octanol–water partition coefficient (Wildman–Crippen LogP) is 2.92. The number of piperidine rings is 2. The predicted molar refractivity (Wildman–Crippen MR) is 101 cm³/mol. The molecule has 0 unspecified atom stereocenters. The van der Waals surface area contributed by atoms with Gasteiger partial charge in [0.15, 0.2) is 5.76 Å². The van der Waals surface area contributed by atoms with Crippen LogP contribution in [0.25, 0.3) is 0 Å². The Balaban J connectivity index is 1.37. The number of nitrogens with zero attached hydrogens (tertiary/aromatic N) is 3. The number of hydrogen-bond acceptors (Lipinski definition) is 5. The Hall–Kier alpha value is -2.25. The van der Waals surface area contributed by atoms with Crippen LogP contribution in [0.5, 0.6) is 0 Å². The molecule has 1 N–H and O–H groups in total. The Labute approximate surface area is 164 Å². The molecule has 4 rings (SSSR count). The van der Waals surface area contributed by atoms with Crippen LogP contribution in [0.15, 0.2) is 34.9 Å². The number of likely N-dealkylation sites (tertiary alicyclic amines) is 2. The van der Waals surface area contributed by atoms with Gasteiger partial charge in [0, 0.05) is 24.8 Å². The van der Waals surface area contributed by atoms with Crippen LogP contribution in [0.2, 0.25) is 0 Å². The van der Waals surface area contributed by atoms with Crippen LogP contribution in [0.1, 0.15) is 54.0 Å². The molecule has 0 saturated carbocycles. The second-order valence-corrected chi connectivity index (χ2v) is 7.77. The normalized spacial score (nSPS) is 20.3. The van der Waals surface area contributed by atoms with E-state index in [1.165, 1.54) is 25.5 Å². The lowest BCUT2D eigenvalue weighted by Gasteiger charge is -2.38. The van der Waals surface area contributed by atoms with E-state index in [0.29, 0.717) is 18.8 Å². The number of furan rings is 1. The minimum atomic E-state index is -1.29. The van der Waals surface area contributed by atoms with Crippen LogP contribution in [0.4, 0.5) is 4.39 Å². The summed E-state index contributed by atoms with van der Waals surface area (Å²) in [6.07, 6.45) is 5.59. The highest BCUT2D eigenvalue weighted by atomic mass is 19.1. The quantitative estimate of drug-likeness (QED) is 0.817. The van der Waals surface area contributed by atoms with Crippen molar-refractivity contribution in [3.8, 4) is 0 Å². The fraction of sp³-hybridized carbons (Fsp3) is 0.524. The Morgan fingerprint density at radius 3 is 2.61 bits per heavy atom. The molecule has 28 heavy (non-hydrogen) atoms. The van der Waals surface area contributed by atoms with Gasteiger partial charge in [0.25, 0.3) is 5.91 Å². The number of aromatic nitrogens is 1. The fourth-order valence-corrected chi connectivity index (χ4v) is 4.15. The zero-order valence-corrected chi connectivity index (χ0v) is 15.9. The van der Waals surface area contributed by atoms with Gasteiger partial charge >= 0.3 is 0 Å². The number of halogens is 1. The summed E-state index contributed by atoms with van der Waals surface area (Å²) < 4.78 is 19.8. The molecule has 2 aliphatic heterocycles. The Morgan fingerprint density at radius 2 is 1.89 bits per heavy atom. The molecule has 6 nitrogen and oxygen atoms in total. The van der Waals surface area contributed by atoms with Gasteiger partial charge in [-0.25, -0.2) is 4.98 Å². The number of carbonyl (C=O) groups is 1. The lowest BCUT2D eigenvalue weighted by Crippen LogP contribution is -2.45. The Kier molecular flexibility index (Phi) is 5.46. The topological polar surface area (TPSA) is 69.8 Å². The van der Waals surface area contributed by atoms with E-state index in [-0.39, 0.29) is 24.3 Å². The molecular weight excluding hydrogens is 361 g/mol. The summed E-state index contributed by atoms with van der Waals surface area (Å²) in [6, 6.07) is 6.76. The van der Waals surface area contributed by atoms with Crippen molar-refractivity contribution >= 4 is 5.91 Å². The highest BCUT2D eigenvalue weighted by Gasteiger charge is 2.38. The SMILES string of the molecule is O=C(c1ccc(CN2CCCCC2)o1)N1CCC(O)(c2cccnc2F)CC1. The van der Waals surface area contributed by atoms with Gasteiger partial charge in [0.05, 0.1) is 12.1 Å². The first-order chi connectivity index (χ1) is 13.5. The highest BCUT2D eigenvalue weighted by Crippen LogP contribution is 2.34. The monoisotopic (exact) mass is 387 g/mol. The number of carbonyl (C=O) groups excluding carboxylic acids is 1. The third-order valence-electron chi connectivity index (χ3n) is 5.84. The molecule has 0 aliphatic carbocycles. The first-order valence-corrected chi connectivity index (χ1v) is 9.99. The molecule has 0 bridgehead atoms. The van der Waals surface area contributed by atoms with Gasteiger partial charge in [-0.3, -0.25) is 9.69 Å². The number of hydrogen-bond donors (Lipinski definition) is 1. The van der Waals surface area contributed by atoms with E-state index in [4.69, 9.17) is 4.42 Å². The summed E-state index contributed by atoms with van der Waals surface area (Å²) in [5.74, 6) is 0.290. The van der Waals surface area contributed by atoms with Crippen molar-refractivity contribution in [2.45, 2.75) is 44.2 Å². The number of pyridine rings is 1. The zero-order chi connectivity index (χ0) is 19.6. The number of aliphatic hydroxyl groups is 1. The maximum absolute atomic E-state index is 14.0. The van der Waals surface area contributed by atoms with Crippen molar-refractivity contribution < 1.29 is 18.7 Å². The molecule has 4 heterocycles. The van der Waals surface area contributed by atoms with Crippen LogP contribution in [-0.2, 0) is 12.1 Å². The van der Waals surface area contributed by atoms with Crippen molar-refractivity contribution in [1.29, 1.82) is 0 Å². The average Bonchev–Trinajstić information content (AvgIpc) is 3.17. The lowest BCUT2D eigenvalue weighted by atomic mass is 9.85. The van der Waals surface area contributed by atoms with Gasteiger partial charge < -0.3 is 14.4 Å². The van der Waals surface area contributed by atoms with Crippen molar-refractivity contribution in [2.24, 2.45) is 0 Å². The summed E-state index contributed by atoms with van der Waals surface area (Å²) in [5.41, 5.74) is -1.10. The highest BCUT2D eigenvalue weighted by molar-refractivity contribution is 5.91. The zero-order valence-electron chi connectivity index (χ0n) is 15.9. The third kappa shape index (κ3) is 3.95. The van der Waals surface area contributed by atoms with Crippen LogP contribution in [0.3, 0.4) is 0 Å². The van der Waals surface area contributed by atoms with E-state index in [1.807, 2.05) is 6.07 Å². The number of rotatable bonds is 4. The third-order valence-corrected chi connectivity index (χ3v) is 5.84. The van der Waals surface area contributed by atoms with Gasteiger partial charge in [-0.15, -0.1) is 0 Å². The fourth-order valence-electron chi connectivity index (χ4n) is 4.15. The molecule has 2 aromatic heterocycles. The van der Waals surface area contributed by atoms with Crippen LogP contribution in [0, 0.1) is 5.95 Å². The molecule has 2 saturated heterocycles. The Morgan fingerprint density at radius 1 is 1.14 bits per heavy atom. The summed E-state index contributed by atoms with van der Waals surface area (Å²) in [7, 11) is 0. The van der Waals surface area contributed by atoms with Crippen molar-refractivity contribution in [3.05, 3.63) is 53.5 Å². The molecule has 2 fully saturated rings. The van der Waals surface area contributed by atoms with E-state index >= 15 is 0 Å². The molecule has 0 spiro atoms. The van der Waals surface area contributed by atoms with Gasteiger partial charge in [0.1, 0.15) is 5.76 Å². The Bertz CT molecular complexity index is 824. The summed E-state index contributed by atoms with van der Waals surface area (Å²) in [6.45, 7) is 3.55. The van der Waals surface area contributed by atoms with Crippen molar-refractivity contribution in [1.82, 2.24) is 14.8 Å². The largest absolute Gasteiger partial charge is 0.455 e. The van der Waals surface area contributed by atoms with E-state index in [2.05, 4.69) is 9.88 Å². The van der Waals surface area contributed by atoms with Gasteiger partial charge in [0.2, 0.25) is 5.95 Å².